The zero-order chi connectivity index (χ0) is 16.1. The Morgan fingerprint density at radius 3 is 2.23 bits per heavy atom. The van der Waals surface area contributed by atoms with Crippen molar-refractivity contribution in [3.8, 4) is 0 Å². The lowest BCUT2D eigenvalue weighted by molar-refractivity contribution is -0.306. The molecule has 1 atom stereocenters. The van der Waals surface area contributed by atoms with Gasteiger partial charge in [-0.3, -0.25) is 4.79 Å². The van der Waals surface area contributed by atoms with Crippen molar-refractivity contribution < 1.29 is 19.1 Å². The molecule has 4 nitrogen and oxygen atoms in total. The molecule has 0 aliphatic rings. The summed E-state index contributed by atoms with van der Waals surface area (Å²) in [6.45, 7) is 0. The molecule has 0 unspecified atom stereocenters. The van der Waals surface area contributed by atoms with Crippen LogP contribution >= 0.6 is 11.6 Å². The van der Waals surface area contributed by atoms with Crippen LogP contribution in [0, 0.1) is 5.82 Å². The number of aliphatic carboxylic acids is 1. The van der Waals surface area contributed by atoms with E-state index < -0.39 is 23.7 Å². The summed E-state index contributed by atoms with van der Waals surface area (Å²) in [6.07, 6.45) is -0.380. The van der Waals surface area contributed by atoms with E-state index in [1.807, 2.05) is 0 Å². The van der Waals surface area contributed by atoms with Crippen LogP contribution in [0.1, 0.15) is 28.4 Å². The molecular formula is C16H12ClFNO3-. The molecule has 0 heterocycles. The average molecular weight is 321 g/mol. The first-order valence-corrected chi connectivity index (χ1v) is 6.85. The molecular weight excluding hydrogens is 309 g/mol. The van der Waals surface area contributed by atoms with Gasteiger partial charge in [0.1, 0.15) is 5.82 Å². The SMILES string of the molecule is O=C([O-])C[C@@H](NC(=O)c1ccc(F)cc1)c1ccc(Cl)cc1. The van der Waals surface area contributed by atoms with E-state index in [0.29, 0.717) is 10.6 Å². The summed E-state index contributed by atoms with van der Waals surface area (Å²) in [5.41, 5.74) is 0.822. The summed E-state index contributed by atoms with van der Waals surface area (Å²) >= 11 is 5.79. The normalized spacial score (nSPS) is 11.7. The Morgan fingerprint density at radius 1 is 1.09 bits per heavy atom. The highest BCUT2D eigenvalue weighted by Gasteiger charge is 2.16. The van der Waals surface area contributed by atoms with Gasteiger partial charge in [0.05, 0.1) is 6.04 Å². The minimum Gasteiger partial charge on any atom is -0.550 e. The lowest BCUT2D eigenvalue weighted by atomic mass is 10.0. The van der Waals surface area contributed by atoms with Crippen molar-refractivity contribution in [3.05, 3.63) is 70.5 Å². The van der Waals surface area contributed by atoms with Gasteiger partial charge in [0.15, 0.2) is 0 Å². The fraction of sp³-hybridized carbons (Fsp3) is 0.125. The highest BCUT2D eigenvalue weighted by molar-refractivity contribution is 6.30. The fourth-order valence-electron chi connectivity index (χ4n) is 1.96. The summed E-state index contributed by atoms with van der Waals surface area (Å²) < 4.78 is 12.9. The number of carboxylic acids is 1. The van der Waals surface area contributed by atoms with Crippen molar-refractivity contribution in [2.24, 2.45) is 0 Å². The van der Waals surface area contributed by atoms with E-state index in [4.69, 9.17) is 11.6 Å². The third-order valence-corrected chi connectivity index (χ3v) is 3.31. The molecule has 2 rings (SSSR count). The Bertz CT molecular complexity index is 671. The van der Waals surface area contributed by atoms with Crippen LogP contribution in [-0.4, -0.2) is 11.9 Å². The highest BCUT2D eigenvalue weighted by atomic mass is 35.5. The molecule has 0 saturated heterocycles. The molecule has 1 amide bonds. The number of benzene rings is 2. The third kappa shape index (κ3) is 4.30. The average Bonchev–Trinajstić information content (AvgIpc) is 2.47. The quantitative estimate of drug-likeness (QED) is 0.917. The zero-order valence-corrected chi connectivity index (χ0v) is 12.1. The van der Waals surface area contributed by atoms with Gasteiger partial charge < -0.3 is 15.2 Å². The van der Waals surface area contributed by atoms with Gasteiger partial charge >= 0.3 is 0 Å². The van der Waals surface area contributed by atoms with E-state index in [0.717, 1.165) is 12.1 Å². The van der Waals surface area contributed by atoms with E-state index in [-0.39, 0.29) is 12.0 Å². The predicted octanol–water partition coefficient (Wildman–Crippen LogP) is 2.09. The van der Waals surface area contributed by atoms with Gasteiger partial charge in [-0.15, -0.1) is 0 Å². The van der Waals surface area contributed by atoms with Gasteiger partial charge in [-0.1, -0.05) is 23.7 Å². The maximum atomic E-state index is 12.9. The first kappa shape index (κ1) is 16.0. The van der Waals surface area contributed by atoms with Crippen LogP contribution in [0.15, 0.2) is 48.5 Å². The van der Waals surface area contributed by atoms with E-state index >= 15 is 0 Å². The van der Waals surface area contributed by atoms with Gasteiger partial charge in [0.2, 0.25) is 0 Å². The van der Waals surface area contributed by atoms with Crippen LogP contribution in [-0.2, 0) is 4.79 Å². The highest BCUT2D eigenvalue weighted by Crippen LogP contribution is 2.20. The van der Waals surface area contributed by atoms with Gasteiger partial charge in [0.25, 0.3) is 5.91 Å². The molecule has 0 aliphatic heterocycles. The summed E-state index contributed by atoms with van der Waals surface area (Å²) in [5, 5.41) is 14.0. The molecule has 2 aromatic rings. The number of hydrogen-bond donors (Lipinski definition) is 1. The second-order valence-electron chi connectivity index (χ2n) is 4.66. The molecule has 0 spiro atoms. The summed E-state index contributed by atoms with van der Waals surface area (Å²) in [7, 11) is 0. The Kier molecular flexibility index (Phi) is 5.12. The smallest absolute Gasteiger partial charge is 0.251 e. The molecule has 0 aliphatic carbocycles. The number of halogens is 2. The molecule has 22 heavy (non-hydrogen) atoms. The van der Waals surface area contributed by atoms with Gasteiger partial charge in [-0.25, -0.2) is 4.39 Å². The number of carbonyl (C=O) groups is 2. The molecule has 0 aromatic heterocycles. The number of nitrogens with one attached hydrogen (secondary N) is 1. The fourth-order valence-corrected chi connectivity index (χ4v) is 2.08. The first-order valence-electron chi connectivity index (χ1n) is 6.47. The van der Waals surface area contributed by atoms with Crippen LogP contribution in [0.4, 0.5) is 4.39 Å². The van der Waals surface area contributed by atoms with Gasteiger partial charge in [0, 0.05) is 23.0 Å². The Hall–Kier alpha value is -2.40. The summed E-state index contributed by atoms with van der Waals surface area (Å²) in [5.74, 6) is -2.25. The summed E-state index contributed by atoms with van der Waals surface area (Å²) in [4.78, 5) is 23.0. The molecule has 114 valence electrons. The first-order chi connectivity index (χ1) is 10.5. The topological polar surface area (TPSA) is 69.2 Å². The van der Waals surface area contributed by atoms with E-state index in [1.54, 1.807) is 24.3 Å². The monoisotopic (exact) mass is 320 g/mol. The molecule has 0 fully saturated rings. The minimum atomic E-state index is -1.29. The Balaban J connectivity index is 2.19. The number of hydrogen-bond acceptors (Lipinski definition) is 3. The second kappa shape index (κ2) is 7.04. The zero-order valence-electron chi connectivity index (χ0n) is 11.4. The van der Waals surface area contributed by atoms with Gasteiger partial charge in [-0.2, -0.15) is 0 Å². The lowest BCUT2D eigenvalue weighted by Gasteiger charge is -2.20. The maximum absolute atomic E-state index is 12.9. The number of carbonyl (C=O) groups excluding carboxylic acids is 2. The maximum Gasteiger partial charge on any atom is 0.251 e. The molecule has 0 radical (unpaired) electrons. The van der Waals surface area contributed by atoms with Crippen molar-refractivity contribution in [1.82, 2.24) is 5.32 Å². The van der Waals surface area contributed by atoms with E-state index in [9.17, 15) is 19.1 Å². The lowest BCUT2D eigenvalue weighted by Crippen LogP contribution is -2.34. The van der Waals surface area contributed by atoms with Crippen LogP contribution in [0.3, 0.4) is 0 Å². The Morgan fingerprint density at radius 2 is 1.68 bits per heavy atom. The molecule has 6 heteroatoms. The van der Waals surface area contributed by atoms with Gasteiger partial charge in [-0.05, 0) is 42.0 Å². The predicted molar refractivity (Wildman–Crippen MR) is 77.7 cm³/mol. The molecule has 0 saturated carbocycles. The van der Waals surface area contributed by atoms with E-state index in [2.05, 4.69) is 5.32 Å². The van der Waals surface area contributed by atoms with Crippen molar-refractivity contribution in [1.29, 1.82) is 0 Å². The van der Waals surface area contributed by atoms with Crippen LogP contribution in [0.25, 0.3) is 0 Å². The third-order valence-electron chi connectivity index (χ3n) is 3.05. The van der Waals surface area contributed by atoms with Crippen LogP contribution < -0.4 is 10.4 Å². The van der Waals surface area contributed by atoms with Crippen molar-refractivity contribution in [2.75, 3.05) is 0 Å². The van der Waals surface area contributed by atoms with Crippen molar-refractivity contribution in [2.45, 2.75) is 12.5 Å². The largest absolute Gasteiger partial charge is 0.550 e. The molecule has 0 bridgehead atoms. The van der Waals surface area contributed by atoms with Crippen molar-refractivity contribution in [3.63, 3.8) is 0 Å². The number of carboxylic acid groups (broad SMARTS) is 1. The van der Waals surface area contributed by atoms with Crippen LogP contribution in [0.2, 0.25) is 5.02 Å². The standard InChI is InChI=1S/C16H13ClFNO3/c17-12-5-1-10(2-6-12)14(9-15(20)21)19-16(22)11-3-7-13(18)8-4-11/h1-8,14H,9H2,(H,19,22)(H,20,21)/p-1/t14-/m1/s1. The molecule has 1 N–H and O–H groups in total. The van der Waals surface area contributed by atoms with Crippen molar-refractivity contribution >= 4 is 23.5 Å². The molecule has 2 aromatic carbocycles. The number of amides is 1. The van der Waals surface area contributed by atoms with Crippen LogP contribution in [0.5, 0.6) is 0 Å². The minimum absolute atomic E-state index is 0.235. The summed E-state index contributed by atoms with van der Waals surface area (Å²) in [6, 6.07) is 10.6. The second-order valence-corrected chi connectivity index (χ2v) is 5.10. The van der Waals surface area contributed by atoms with E-state index in [1.165, 1.54) is 12.1 Å². The Labute approximate surface area is 131 Å². The number of rotatable bonds is 5.